The summed E-state index contributed by atoms with van der Waals surface area (Å²) < 4.78 is 9.53. The first-order chi connectivity index (χ1) is 5.77. The van der Waals surface area contributed by atoms with Gasteiger partial charge in [-0.15, -0.1) is 0 Å². The van der Waals surface area contributed by atoms with Crippen molar-refractivity contribution in [2.24, 2.45) is 0 Å². The van der Waals surface area contributed by atoms with Crippen molar-refractivity contribution in [1.82, 2.24) is 4.90 Å². The van der Waals surface area contributed by atoms with Crippen LogP contribution in [-0.2, 0) is 14.3 Å². The Morgan fingerprint density at radius 3 is 3.08 bits per heavy atom. The minimum absolute atomic E-state index is 0.288. The molecule has 1 atom stereocenters. The lowest BCUT2D eigenvalue weighted by Crippen LogP contribution is -2.46. The van der Waals surface area contributed by atoms with E-state index in [2.05, 4.69) is 4.74 Å². The summed E-state index contributed by atoms with van der Waals surface area (Å²) in [6.07, 6.45) is -0.224. The molecule has 0 aromatic rings. The van der Waals surface area contributed by atoms with Crippen LogP contribution in [0, 0.1) is 0 Å². The fourth-order valence-electron chi connectivity index (χ4n) is 1.05. The summed E-state index contributed by atoms with van der Waals surface area (Å²) >= 11 is 0. The lowest BCUT2D eigenvalue weighted by Gasteiger charge is -2.28. The second-order valence-corrected chi connectivity index (χ2v) is 2.46. The van der Waals surface area contributed by atoms with Crippen LogP contribution in [-0.4, -0.2) is 50.2 Å². The predicted octanol–water partition coefficient (Wildman–Crippen LogP) is -0.348. The molecule has 0 bridgehead atoms. The third-order valence-corrected chi connectivity index (χ3v) is 1.68. The highest BCUT2D eigenvalue weighted by Gasteiger charge is 2.23. The van der Waals surface area contributed by atoms with Gasteiger partial charge in [-0.2, -0.15) is 0 Å². The first-order valence-corrected chi connectivity index (χ1v) is 3.67. The van der Waals surface area contributed by atoms with E-state index in [9.17, 15) is 9.59 Å². The Bertz CT molecular complexity index is 182. The van der Waals surface area contributed by atoms with E-state index in [4.69, 9.17) is 4.74 Å². The van der Waals surface area contributed by atoms with Crippen LogP contribution in [0.3, 0.4) is 0 Å². The summed E-state index contributed by atoms with van der Waals surface area (Å²) in [6, 6.07) is 0. The van der Waals surface area contributed by atoms with Gasteiger partial charge in [0.15, 0.2) is 6.29 Å². The van der Waals surface area contributed by atoms with Crippen molar-refractivity contribution in [3.63, 3.8) is 0 Å². The largest absolute Gasteiger partial charge is 0.453 e. The van der Waals surface area contributed by atoms with Crippen LogP contribution in [0.25, 0.3) is 0 Å². The molecule has 1 rings (SSSR count). The van der Waals surface area contributed by atoms with Crippen molar-refractivity contribution in [3.8, 4) is 0 Å². The summed E-state index contributed by atoms with van der Waals surface area (Å²) in [5, 5.41) is 0. The zero-order valence-corrected chi connectivity index (χ0v) is 6.86. The van der Waals surface area contributed by atoms with Gasteiger partial charge in [-0.25, -0.2) is 4.79 Å². The molecule has 0 spiro atoms. The average molecular weight is 173 g/mol. The second kappa shape index (κ2) is 4.06. The smallest absolute Gasteiger partial charge is 0.409 e. The van der Waals surface area contributed by atoms with Gasteiger partial charge in [-0.3, -0.25) is 0 Å². The first-order valence-electron chi connectivity index (χ1n) is 3.67. The average Bonchev–Trinajstić information content (AvgIpc) is 2.17. The monoisotopic (exact) mass is 173 g/mol. The number of morpholine rings is 1. The molecule has 1 saturated heterocycles. The summed E-state index contributed by atoms with van der Waals surface area (Å²) in [5.74, 6) is 0. The van der Waals surface area contributed by atoms with Gasteiger partial charge in [0.25, 0.3) is 0 Å². The molecular formula is C7H11NO4. The molecule has 1 amide bonds. The zero-order valence-electron chi connectivity index (χ0n) is 6.86. The maximum atomic E-state index is 11.0. The zero-order chi connectivity index (χ0) is 8.97. The summed E-state index contributed by atoms with van der Waals surface area (Å²) in [4.78, 5) is 22.7. The molecular weight excluding hydrogens is 162 g/mol. The number of nitrogens with zero attached hydrogens (tertiary/aromatic N) is 1. The van der Waals surface area contributed by atoms with Crippen molar-refractivity contribution < 1.29 is 19.1 Å². The Balaban J connectivity index is 2.45. The van der Waals surface area contributed by atoms with Gasteiger partial charge in [0.05, 0.1) is 20.3 Å². The standard InChI is InChI=1S/C7H11NO4/c1-11-7(10)8-2-3-12-6(4-8)5-9/h5-6H,2-4H2,1H3/t6-/m1/s1. The van der Waals surface area contributed by atoms with Crippen molar-refractivity contribution in [2.45, 2.75) is 6.10 Å². The maximum Gasteiger partial charge on any atom is 0.409 e. The molecule has 0 aliphatic carbocycles. The number of carbonyl (C=O) groups is 2. The highest BCUT2D eigenvalue weighted by atomic mass is 16.5. The van der Waals surface area contributed by atoms with Gasteiger partial charge >= 0.3 is 6.09 Å². The number of carbonyl (C=O) groups excluding carboxylic acids is 2. The van der Waals surface area contributed by atoms with E-state index in [0.29, 0.717) is 19.4 Å². The molecule has 5 heteroatoms. The summed E-state index contributed by atoms with van der Waals surface area (Å²) in [5.41, 5.74) is 0. The second-order valence-electron chi connectivity index (χ2n) is 2.46. The maximum absolute atomic E-state index is 11.0. The van der Waals surface area contributed by atoms with Crippen LogP contribution in [0.2, 0.25) is 0 Å². The molecule has 1 aliphatic heterocycles. The van der Waals surface area contributed by atoms with Gasteiger partial charge in [0.1, 0.15) is 6.10 Å². The van der Waals surface area contributed by atoms with Crippen LogP contribution in [0.1, 0.15) is 0 Å². The molecule has 0 saturated carbocycles. The normalized spacial score (nSPS) is 23.4. The Hall–Kier alpha value is -1.10. The van der Waals surface area contributed by atoms with E-state index in [-0.39, 0.29) is 6.54 Å². The molecule has 0 N–H and O–H groups in total. The summed E-state index contributed by atoms with van der Waals surface area (Å²) in [6.45, 7) is 1.16. The van der Waals surface area contributed by atoms with Gasteiger partial charge < -0.3 is 19.2 Å². The number of amides is 1. The molecule has 1 fully saturated rings. The van der Waals surface area contributed by atoms with E-state index >= 15 is 0 Å². The Labute approximate surface area is 70.2 Å². The topological polar surface area (TPSA) is 55.8 Å². The highest BCUT2D eigenvalue weighted by Crippen LogP contribution is 2.04. The number of rotatable bonds is 1. The molecule has 68 valence electrons. The lowest BCUT2D eigenvalue weighted by molar-refractivity contribution is -0.122. The Kier molecular flexibility index (Phi) is 3.04. The molecule has 5 nitrogen and oxygen atoms in total. The number of methoxy groups -OCH3 is 1. The fraction of sp³-hybridized carbons (Fsp3) is 0.714. The van der Waals surface area contributed by atoms with Crippen LogP contribution < -0.4 is 0 Å². The fourth-order valence-corrected chi connectivity index (χ4v) is 1.05. The van der Waals surface area contributed by atoms with E-state index in [0.717, 1.165) is 0 Å². The molecule has 0 unspecified atom stereocenters. The number of hydrogen-bond donors (Lipinski definition) is 0. The predicted molar refractivity (Wildman–Crippen MR) is 39.8 cm³/mol. The van der Waals surface area contributed by atoms with E-state index in [1.165, 1.54) is 12.0 Å². The molecule has 0 aromatic carbocycles. The number of ether oxygens (including phenoxy) is 2. The van der Waals surface area contributed by atoms with Crippen LogP contribution in [0.4, 0.5) is 4.79 Å². The van der Waals surface area contributed by atoms with Crippen LogP contribution in [0.5, 0.6) is 0 Å². The first kappa shape index (κ1) is 8.99. The SMILES string of the molecule is COC(=O)N1CCO[C@@H](C=O)C1. The molecule has 0 radical (unpaired) electrons. The quantitative estimate of drug-likeness (QED) is 0.509. The molecule has 12 heavy (non-hydrogen) atoms. The summed E-state index contributed by atoms with van der Waals surface area (Å²) in [7, 11) is 1.31. The molecule has 0 aromatic heterocycles. The van der Waals surface area contributed by atoms with E-state index < -0.39 is 12.2 Å². The van der Waals surface area contributed by atoms with Gasteiger partial charge in [0.2, 0.25) is 0 Å². The van der Waals surface area contributed by atoms with E-state index in [1.54, 1.807) is 0 Å². The minimum Gasteiger partial charge on any atom is -0.453 e. The van der Waals surface area contributed by atoms with Gasteiger partial charge in [0, 0.05) is 6.54 Å². The van der Waals surface area contributed by atoms with E-state index in [1.807, 2.05) is 0 Å². The number of aldehydes is 1. The van der Waals surface area contributed by atoms with Crippen molar-refractivity contribution >= 4 is 12.4 Å². The van der Waals surface area contributed by atoms with Crippen molar-refractivity contribution in [3.05, 3.63) is 0 Å². The van der Waals surface area contributed by atoms with Gasteiger partial charge in [-0.05, 0) is 0 Å². The molecule has 1 aliphatic rings. The van der Waals surface area contributed by atoms with Crippen LogP contribution >= 0.6 is 0 Å². The third kappa shape index (κ3) is 1.94. The Morgan fingerprint density at radius 2 is 2.50 bits per heavy atom. The molecule has 1 heterocycles. The van der Waals surface area contributed by atoms with Crippen molar-refractivity contribution in [1.29, 1.82) is 0 Å². The van der Waals surface area contributed by atoms with Crippen molar-refractivity contribution in [2.75, 3.05) is 26.8 Å². The highest BCUT2D eigenvalue weighted by molar-refractivity contribution is 5.68. The Morgan fingerprint density at radius 1 is 1.75 bits per heavy atom. The van der Waals surface area contributed by atoms with Gasteiger partial charge in [-0.1, -0.05) is 0 Å². The van der Waals surface area contributed by atoms with Crippen LogP contribution in [0.15, 0.2) is 0 Å². The third-order valence-electron chi connectivity index (χ3n) is 1.68. The lowest BCUT2D eigenvalue weighted by atomic mass is 10.3. The number of hydrogen-bond acceptors (Lipinski definition) is 4. The minimum atomic E-state index is -0.502.